The number of thiazole rings is 1. The van der Waals surface area contributed by atoms with Crippen LogP contribution in [0.15, 0.2) is 39.1 Å². The van der Waals surface area contributed by atoms with Crippen molar-refractivity contribution < 1.29 is 0 Å². The molecule has 0 radical (unpaired) electrons. The Morgan fingerprint density at radius 3 is 2.88 bits per heavy atom. The van der Waals surface area contributed by atoms with Crippen molar-refractivity contribution in [2.45, 2.75) is 28.6 Å². The van der Waals surface area contributed by atoms with Gasteiger partial charge in [-0.25, -0.2) is 4.98 Å². The van der Waals surface area contributed by atoms with Gasteiger partial charge in [0.25, 0.3) is 0 Å². The third-order valence-corrected chi connectivity index (χ3v) is 4.05. The molecular weight excluding hydrogens is 238 g/mol. The number of hydrogen-bond acceptors (Lipinski definition) is 5. The lowest BCUT2D eigenvalue weighted by molar-refractivity contribution is 0.674. The van der Waals surface area contributed by atoms with Crippen molar-refractivity contribution in [1.29, 1.82) is 0 Å². The van der Waals surface area contributed by atoms with Crippen LogP contribution >= 0.6 is 23.1 Å². The summed E-state index contributed by atoms with van der Waals surface area (Å²) in [5.41, 5.74) is 6.85. The minimum absolute atomic E-state index is 0.0407. The number of nitrogens with two attached hydrogens (primary N) is 1. The molecule has 2 rings (SSSR count). The third-order valence-electron chi connectivity index (χ3n) is 2.19. The molecule has 0 fully saturated rings. The molecule has 0 aromatic carbocycles. The molecule has 0 aliphatic rings. The van der Waals surface area contributed by atoms with E-state index in [1.165, 1.54) is 0 Å². The van der Waals surface area contributed by atoms with Gasteiger partial charge in [-0.15, -0.1) is 11.3 Å². The standard InChI is InChI=1S/C11H13N3S2/c1-2-9(12)10-4-3-8(7-14-10)16-11-13-5-6-15-11/h3-7,9H,2,12H2,1H3/t9-/m0/s1. The van der Waals surface area contributed by atoms with E-state index < -0.39 is 0 Å². The van der Waals surface area contributed by atoms with E-state index in [1.54, 1.807) is 23.1 Å². The predicted molar refractivity (Wildman–Crippen MR) is 67.7 cm³/mol. The van der Waals surface area contributed by atoms with Crippen LogP contribution in [0.1, 0.15) is 25.1 Å². The molecular formula is C11H13N3S2. The number of pyridine rings is 1. The Kier molecular flexibility index (Phi) is 3.93. The summed E-state index contributed by atoms with van der Waals surface area (Å²) >= 11 is 3.26. The zero-order valence-electron chi connectivity index (χ0n) is 8.96. The first-order chi connectivity index (χ1) is 7.79. The number of aromatic nitrogens is 2. The number of rotatable bonds is 4. The number of hydrogen-bond donors (Lipinski definition) is 1. The van der Waals surface area contributed by atoms with E-state index in [2.05, 4.69) is 16.9 Å². The van der Waals surface area contributed by atoms with Crippen LogP contribution in [0.5, 0.6) is 0 Å². The lowest BCUT2D eigenvalue weighted by Gasteiger charge is -2.07. The van der Waals surface area contributed by atoms with Crippen LogP contribution in [0.3, 0.4) is 0 Å². The van der Waals surface area contributed by atoms with Gasteiger partial charge in [-0.2, -0.15) is 0 Å². The molecule has 0 unspecified atom stereocenters. The van der Waals surface area contributed by atoms with Gasteiger partial charge in [0.15, 0.2) is 4.34 Å². The summed E-state index contributed by atoms with van der Waals surface area (Å²) in [5.74, 6) is 0. The fourth-order valence-corrected chi connectivity index (χ4v) is 2.81. The van der Waals surface area contributed by atoms with Crippen LogP contribution in [0.4, 0.5) is 0 Å². The van der Waals surface area contributed by atoms with Gasteiger partial charge >= 0.3 is 0 Å². The quantitative estimate of drug-likeness (QED) is 0.907. The average Bonchev–Trinajstić information content (AvgIpc) is 2.82. The van der Waals surface area contributed by atoms with Crippen molar-refractivity contribution in [2.24, 2.45) is 5.73 Å². The summed E-state index contributed by atoms with van der Waals surface area (Å²) < 4.78 is 1.04. The molecule has 2 aromatic heterocycles. The molecule has 0 amide bonds. The molecule has 0 saturated heterocycles. The smallest absolute Gasteiger partial charge is 0.154 e. The second kappa shape index (κ2) is 5.43. The maximum atomic E-state index is 5.90. The first-order valence-electron chi connectivity index (χ1n) is 5.08. The first kappa shape index (κ1) is 11.6. The zero-order chi connectivity index (χ0) is 11.4. The minimum Gasteiger partial charge on any atom is -0.323 e. The SMILES string of the molecule is CC[C@H](N)c1ccc(Sc2nccs2)cn1. The molecule has 84 valence electrons. The zero-order valence-corrected chi connectivity index (χ0v) is 10.6. The monoisotopic (exact) mass is 251 g/mol. The molecule has 0 aliphatic carbocycles. The molecule has 0 saturated carbocycles. The Hall–Kier alpha value is -0.910. The molecule has 0 spiro atoms. The molecule has 0 bridgehead atoms. The molecule has 5 heteroatoms. The summed E-state index contributed by atoms with van der Waals surface area (Å²) in [6.07, 6.45) is 4.57. The second-order valence-corrected chi connectivity index (χ2v) is 5.55. The summed E-state index contributed by atoms with van der Waals surface area (Å²) in [6, 6.07) is 4.08. The van der Waals surface area contributed by atoms with Gasteiger partial charge in [-0.3, -0.25) is 4.98 Å². The maximum absolute atomic E-state index is 5.90. The molecule has 1 atom stereocenters. The van der Waals surface area contributed by atoms with E-state index in [-0.39, 0.29) is 6.04 Å². The van der Waals surface area contributed by atoms with Crippen LogP contribution < -0.4 is 5.73 Å². The highest BCUT2D eigenvalue weighted by Gasteiger charge is 2.05. The van der Waals surface area contributed by atoms with Crippen molar-refractivity contribution in [3.63, 3.8) is 0 Å². The first-order valence-corrected chi connectivity index (χ1v) is 6.78. The molecule has 3 nitrogen and oxygen atoms in total. The lowest BCUT2D eigenvalue weighted by atomic mass is 10.1. The summed E-state index contributed by atoms with van der Waals surface area (Å²) in [7, 11) is 0. The number of nitrogens with zero attached hydrogens (tertiary/aromatic N) is 2. The van der Waals surface area contributed by atoms with Gasteiger partial charge in [0, 0.05) is 28.7 Å². The van der Waals surface area contributed by atoms with Crippen molar-refractivity contribution in [1.82, 2.24) is 9.97 Å². The van der Waals surface area contributed by atoms with Crippen LogP contribution in [0.2, 0.25) is 0 Å². The fourth-order valence-electron chi connectivity index (χ4n) is 1.24. The molecule has 0 aliphatic heterocycles. The summed E-state index contributed by atoms with van der Waals surface area (Å²) in [6.45, 7) is 2.06. The lowest BCUT2D eigenvalue weighted by Crippen LogP contribution is -2.10. The van der Waals surface area contributed by atoms with Crippen molar-refractivity contribution in [2.75, 3.05) is 0 Å². The minimum atomic E-state index is 0.0407. The van der Waals surface area contributed by atoms with Crippen LogP contribution in [0, 0.1) is 0 Å². The topological polar surface area (TPSA) is 51.8 Å². The van der Waals surface area contributed by atoms with Gasteiger partial charge in [0.05, 0.1) is 5.69 Å². The van der Waals surface area contributed by atoms with Crippen molar-refractivity contribution in [3.8, 4) is 0 Å². The normalized spacial score (nSPS) is 12.6. The van der Waals surface area contributed by atoms with Crippen molar-refractivity contribution >= 4 is 23.1 Å². The van der Waals surface area contributed by atoms with Crippen LogP contribution in [0.25, 0.3) is 0 Å². The molecule has 2 heterocycles. The van der Waals surface area contributed by atoms with Gasteiger partial charge in [0.1, 0.15) is 0 Å². The molecule has 2 aromatic rings. The Morgan fingerprint density at radius 1 is 1.44 bits per heavy atom. The van der Waals surface area contributed by atoms with Crippen LogP contribution in [-0.4, -0.2) is 9.97 Å². The van der Waals surface area contributed by atoms with Crippen LogP contribution in [-0.2, 0) is 0 Å². The highest BCUT2D eigenvalue weighted by Crippen LogP contribution is 2.28. The fraction of sp³-hybridized carbons (Fsp3) is 0.273. The Bertz CT molecular complexity index is 425. The van der Waals surface area contributed by atoms with E-state index in [4.69, 9.17) is 5.73 Å². The predicted octanol–water partition coefficient (Wildman–Crippen LogP) is 3.10. The second-order valence-electron chi connectivity index (χ2n) is 3.33. The van der Waals surface area contributed by atoms with Gasteiger partial charge in [-0.1, -0.05) is 18.7 Å². The van der Waals surface area contributed by atoms with Gasteiger partial charge in [0.2, 0.25) is 0 Å². The largest absolute Gasteiger partial charge is 0.323 e. The van der Waals surface area contributed by atoms with E-state index in [9.17, 15) is 0 Å². The third kappa shape index (κ3) is 2.81. The van der Waals surface area contributed by atoms with E-state index in [1.807, 2.05) is 29.9 Å². The Labute approximate surface area is 103 Å². The van der Waals surface area contributed by atoms with E-state index in [0.29, 0.717) is 0 Å². The highest BCUT2D eigenvalue weighted by atomic mass is 32.2. The molecule has 16 heavy (non-hydrogen) atoms. The average molecular weight is 251 g/mol. The summed E-state index contributed by atoms with van der Waals surface area (Å²) in [5, 5.41) is 1.97. The highest BCUT2D eigenvalue weighted by molar-refractivity contribution is 8.01. The van der Waals surface area contributed by atoms with Crippen molar-refractivity contribution in [3.05, 3.63) is 35.6 Å². The van der Waals surface area contributed by atoms with Gasteiger partial charge < -0.3 is 5.73 Å². The van der Waals surface area contributed by atoms with E-state index in [0.717, 1.165) is 21.3 Å². The summed E-state index contributed by atoms with van der Waals surface area (Å²) in [4.78, 5) is 9.67. The van der Waals surface area contributed by atoms with E-state index >= 15 is 0 Å². The molecule has 2 N–H and O–H groups in total. The maximum Gasteiger partial charge on any atom is 0.154 e. The Morgan fingerprint density at radius 2 is 2.31 bits per heavy atom. The van der Waals surface area contributed by atoms with Gasteiger partial charge in [-0.05, 0) is 18.6 Å². The Balaban J connectivity index is 2.07.